The zero-order valence-electron chi connectivity index (χ0n) is 9.05. The molecule has 0 aromatic heterocycles. The van der Waals surface area contributed by atoms with Crippen molar-refractivity contribution >= 4 is 0 Å². The normalized spacial score (nSPS) is 13.5. The minimum Gasteiger partial charge on any atom is -0.389 e. The van der Waals surface area contributed by atoms with E-state index in [-0.39, 0.29) is 6.23 Å². The van der Waals surface area contributed by atoms with E-state index in [1.807, 2.05) is 20.2 Å². The van der Waals surface area contributed by atoms with Crippen LogP contribution in [0.2, 0.25) is 0 Å². The second kappa shape index (κ2) is 8.55. The molecule has 0 aliphatic carbocycles. The molecule has 0 aromatic carbocycles. The maximum Gasteiger partial charge on any atom is 0.117 e. The molecule has 0 aliphatic rings. The van der Waals surface area contributed by atoms with E-state index >= 15 is 0 Å². The van der Waals surface area contributed by atoms with Crippen molar-refractivity contribution in [3.63, 3.8) is 0 Å². The maximum absolute atomic E-state index is 5.00. The number of likely N-dealkylation sites (N-methyl/N-ethyl adjacent to an activating group) is 1. The summed E-state index contributed by atoms with van der Waals surface area (Å²) in [7, 11) is 3.51. The summed E-state index contributed by atoms with van der Waals surface area (Å²) in [5, 5.41) is 5.93. The summed E-state index contributed by atoms with van der Waals surface area (Å²) < 4.78 is 5.00. The molecule has 0 rings (SSSR count). The zero-order chi connectivity index (χ0) is 10.8. The van der Waals surface area contributed by atoms with Gasteiger partial charge in [0.1, 0.15) is 6.23 Å². The number of methoxy groups -OCH3 is 1. The molecule has 0 bridgehead atoms. The summed E-state index contributed by atoms with van der Waals surface area (Å²) in [6, 6.07) is 0. The average Bonchev–Trinajstić information content (AvgIpc) is 2.22. The van der Waals surface area contributed by atoms with Crippen LogP contribution in [0.15, 0.2) is 24.7 Å². The highest BCUT2D eigenvalue weighted by Gasteiger charge is 1.96. The lowest BCUT2D eigenvalue weighted by molar-refractivity contribution is 0.0770. The predicted molar refractivity (Wildman–Crippen MR) is 58.1 cm³/mol. The van der Waals surface area contributed by atoms with Gasteiger partial charge in [0.05, 0.1) is 6.54 Å². The van der Waals surface area contributed by atoms with Crippen molar-refractivity contribution in [3.05, 3.63) is 24.7 Å². The minimum absolute atomic E-state index is 0.0135. The van der Waals surface area contributed by atoms with Crippen LogP contribution < -0.4 is 21.5 Å². The Kier molecular flexibility index (Phi) is 7.92. The van der Waals surface area contributed by atoms with E-state index in [1.54, 1.807) is 13.3 Å². The van der Waals surface area contributed by atoms with Crippen LogP contribution in [0.5, 0.6) is 0 Å². The molecule has 0 saturated carbocycles. The Balaban J connectivity index is 3.67. The standard InChI is InChI=1S/C9H20N4O/c1-5-11-6-9(10-3)7-12-13-8(2)14-4/h5-6,8,10-13H,1,7H2,2-4H3/b9-6-. The molecular formula is C9H20N4O. The topological polar surface area (TPSA) is 57.3 Å². The van der Waals surface area contributed by atoms with Gasteiger partial charge in [-0.15, -0.1) is 0 Å². The van der Waals surface area contributed by atoms with Gasteiger partial charge in [0, 0.05) is 26.1 Å². The molecule has 0 fully saturated rings. The van der Waals surface area contributed by atoms with Gasteiger partial charge in [-0.25, -0.2) is 10.9 Å². The first-order chi connectivity index (χ1) is 6.74. The van der Waals surface area contributed by atoms with Gasteiger partial charge in [-0.3, -0.25) is 0 Å². The van der Waals surface area contributed by atoms with E-state index in [2.05, 4.69) is 28.1 Å². The van der Waals surface area contributed by atoms with Crippen molar-refractivity contribution < 1.29 is 4.74 Å². The van der Waals surface area contributed by atoms with Crippen LogP contribution in [0.4, 0.5) is 0 Å². The van der Waals surface area contributed by atoms with Crippen LogP contribution in [0, 0.1) is 0 Å². The van der Waals surface area contributed by atoms with E-state index in [9.17, 15) is 0 Å². The van der Waals surface area contributed by atoms with Gasteiger partial charge in [0.15, 0.2) is 0 Å². The summed E-state index contributed by atoms with van der Waals surface area (Å²) >= 11 is 0. The quantitative estimate of drug-likeness (QED) is 0.325. The number of rotatable bonds is 8. The fraction of sp³-hybridized carbons (Fsp3) is 0.556. The smallest absolute Gasteiger partial charge is 0.117 e. The van der Waals surface area contributed by atoms with Crippen molar-refractivity contribution in [3.8, 4) is 0 Å². The minimum atomic E-state index is -0.0135. The first-order valence-corrected chi connectivity index (χ1v) is 4.49. The van der Waals surface area contributed by atoms with Crippen molar-refractivity contribution in [1.29, 1.82) is 0 Å². The number of hydrogen-bond acceptors (Lipinski definition) is 5. The highest BCUT2D eigenvalue weighted by Crippen LogP contribution is 1.82. The van der Waals surface area contributed by atoms with Crippen LogP contribution in [0.25, 0.3) is 0 Å². The molecule has 5 heteroatoms. The molecule has 0 spiro atoms. The van der Waals surface area contributed by atoms with Gasteiger partial charge in [-0.2, -0.15) is 0 Å². The van der Waals surface area contributed by atoms with Crippen LogP contribution >= 0.6 is 0 Å². The Morgan fingerprint density at radius 2 is 2.29 bits per heavy atom. The van der Waals surface area contributed by atoms with E-state index in [0.717, 1.165) is 5.70 Å². The lowest BCUT2D eigenvalue weighted by atomic mass is 10.4. The molecule has 0 heterocycles. The van der Waals surface area contributed by atoms with Crippen LogP contribution in [0.1, 0.15) is 6.92 Å². The van der Waals surface area contributed by atoms with Crippen molar-refractivity contribution in [2.24, 2.45) is 0 Å². The highest BCUT2D eigenvalue weighted by atomic mass is 16.5. The summed E-state index contributed by atoms with van der Waals surface area (Å²) in [6.45, 7) is 6.14. The Hall–Kier alpha value is -1.04. The Morgan fingerprint density at radius 3 is 2.79 bits per heavy atom. The maximum atomic E-state index is 5.00. The molecule has 1 atom stereocenters. The molecule has 14 heavy (non-hydrogen) atoms. The molecule has 0 aromatic rings. The SMILES string of the molecule is C=CN/C=C(/CNNC(C)OC)NC. The number of hydrogen-bond donors (Lipinski definition) is 4. The van der Waals surface area contributed by atoms with Gasteiger partial charge in [0.25, 0.3) is 0 Å². The number of ether oxygens (including phenoxy) is 1. The third kappa shape index (κ3) is 6.47. The van der Waals surface area contributed by atoms with Crippen LogP contribution in [-0.2, 0) is 4.74 Å². The predicted octanol–water partition coefficient (Wildman–Crippen LogP) is -0.133. The summed E-state index contributed by atoms with van der Waals surface area (Å²) in [5.74, 6) is 0. The summed E-state index contributed by atoms with van der Waals surface area (Å²) in [4.78, 5) is 0. The van der Waals surface area contributed by atoms with Gasteiger partial charge in [0.2, 0.25) is 0 Å². The Labute approximate surface area is 85.6 Å². The Bertz CT molecular complexity index is 182. The van der Waals surface area contributed by atoms with E-state index < -0.39 is 0 Å². The van der Waals surface area contributed by atoms with Crippen molar-refractivity contribution in [1.82, 2.24) is 21.5 Å². The van der Waals surface area contributed by atoms with E-state index in [1.165, 1.54) is 0 Å². The molecule has 0 saturated heterocycles. The fourth-order valence-corrected chi connectivity index (χ4v) is 0.720. The second-order valence-corrected chi connectivity index (χ2v) is 2.67. The first-order valence-electron chi connectivity index (χ1n) is 4.49. The third-order valence-corrected chi connectivity index (χ3v) is 1.63. The Morgan fingerprint density at radius 1 is 1.57 bits per heavy atom. The van der Waals surface area contributed by atoms with Gasteiger partial charge in [-0.05, 0) is 13.1 Å². The van der Waals surface area contributed by atoms with Crippen molar-refractivity contribution in [2.75, 3.05) is 20.7 Å². The molecule has 0 radical (unpaired) electrons. The number of hydrazine groups is 1. The molecule has 5 nitrogen and oxygen atoms in total. The molecule has 1 unspecified atom stereocenters. The lowest BCUT2D eigenvalue weighted by Crippen LogP contribution is -2.42. The largest absolute Gasteiger partial charge is 0.389 e. The fourth-order valence-electron chi connectivity index (χ4n) is 0.720. The first kappa shape index (κ1) is 13.0. The molecular weight excluding hydrogens is 180 g/mol. The van der Waals surface area contributed by atoms with Crippen molar-refractivity contribution in [2.45, 2.75) is 13.2 Å². The average molecular weight is 200 g/mol. The second-order valence-electron chi connectivity index (χ2n) is 2.67. The molecule has 82 valence electrons. The highest BCUT2D eigenvalue weighted by molar-refractivity contribution is 5.00. The molecule has 4 N–H and O–H groups in total. The van der Waals surface area contributed by atoms with Gasteiger partial charge < -0.3 is 15.4 Å². The van der Waals surface area contributed by atoms with E-state index in [0.29, 0.717) is 6.54 Å². The van der Waals surface area contributed by atoms with Crippen LogP contribution in [-0.4, -0.2) is 26.9 Å². The number of nitrogens with one attached hydrogen (secondary N) is 4. The molecule has 0 aliphatic heterocycles. The van der Waals surface area contributed by atoms with Gasteiger partial charge in [-0.1, -0.05) is 6.58 Å². The van der Waals surface area contributed by atoms with Gasteiger partial charge >= 0.3 is 0 Å². The van der Waals surface area contributed by atoms with E-state index in [4.69, 9.17) is 4.74 Å². The monoisotopic (exact) mass is 200 g/mol. The van der Waals surface area contributed by atoms with Crippen LogP contribution in [0.3, 0.4) is 0 Å². The summed E-state index contributed by atoms with van der Waals surface area (Å²) in [6.07, 6.45) is 3.43. The molecule has 0 amide bonds. The zero-order valence-corrected chi connectivity index (χ0v) is 9.05. The third-order valence-electron chi connectivity index (χ3n) is 1.63. The lowest BCUT2D eigenvalue weighted by Gasteiger charge is -2.14. The summed E-state index contributed by atoms with van der Waals surface area (Å²) in [5.41, 5.74) is 7.00.